The van der Waals surface area contributed by atoms with E-state index in [1.54, 1.807) is 0 Å². The van der Waals surface area contributed by atoms with E-state index < -0.39 is 12.5 Å². The normalized spacial score (nSPS) is 18.7. The fourth-order valence-electron chi connectivity index (χ4n) is 5.15. The number of hydrogen-bond donors (Lipinski definition) is 2. The maximum absolute atomic E-state index is 12.2. The SMILES string of the molecule is O=C(CO)NC1CC2(CCCCC2)Oc2nc(-c3ccccc3Cl)c(-c3ccc(Cl)cc3)cc21. The topological polar surface area (TPSA) is 71.5 Å². The molecule has 7 heteroatoms. The van der Waals surface area contributed by atoms with E-state index >= 15 is 0 Å². The van der Waals surface area contributed by atoms with E-state index in [1.165, 1.54) is 6.42 Å². The second-order valence-corrected chi connectivity index (χ2v) is 9.94. The van der Waals surface area contributed by atoms with Crippen molar-refractivity contribution in [2.75, 3.05) is 6.61 Å². The summed E-state index contributed by atoms with van der Waals surface area (Å²) in [5.41, 5.74) is 3.76. The molecule has 34 heavy (non-hydrogen) atoms. The summed E-state index contributed by atoms with van der Waals surface area (Å²) in [6, 6.07) is 16.9. The molecule has 2 aromatic carbocycles. The van der Waals surface area contributed by atoms with Gasteiger partial charge in [0.2, 0.25) is 11.8 Å². The predicted molar refractivity (Wildman–Crippen MR) is 134 cm³/mol. The predicted octanol–water partition coefficient (Wildman–Crippen LogP) is 6.36. The molecule has 2 N–H and O–H groups in total. The zero-order valence-corrected chi connectivity index (χ0v) is 20.2. The van der Waals surface area contributed by atoms with Gasteiger partial charge in [0.25, 0.3) is 0 Å². The minimum absolute atomic E-state index is 0.305. The number of nitrogens with one attached hydrogen (secondary N) is 1. The van der Waals surface area contributed by atoms with Gasteiger partial charge in [0.1, 0.15) is 12.2 Å². The Morgan fingerprint density at radius 2 is 1.79 bits per heavy atom. The Kier molecular flexibility index (Phi) is 6.52. The molecule has 0 saturated heterocycles. The van der Waals surface area contributed by atoms with Crippen LogP contribution in [0.5, 0.6) is 5.88 Å². The lowest BCUT2D eigenvalue weighted by Gasteiger charge is -2.44. The summed E-state index contributed by atoms with van der Waals surface area (Å²) in [6.45, 7) is -0.561. The Morgan fingerprint density at radius 3 is 2.50 bits per heavy atom. The molecule has 1 amide bonds. The van der Waals surface area contributed by atoms with Crippen LogP contribution in [0.1, 0.15) is 50.1 Å². The number of aliphatic hydroxyl groups excluding tert-OH is 1. The number of fused-ring (bicyclic) bond motifs is 1. The highest BCUT2D eigenvalue weighted by molar-refractivity contribution is 6.33. The largest absolute Gasteiger partial charge is 0.471 e. The summed E-state index contributed by atoms with van der Waals surface area (Å²) in [6.07, 6.45) is 5.82. The molecular formula is C27H26Cl2N2O3. The molecule has 1 spiro atoms. The second-order valence-electron chi connectivity index (χ2n) is 9.09. The van der Waals surface area contributed by atoms with E-state index in [4.69, 9.17) is 32.9 Å². The van der Waals surface area contributed by atoms with Crippen LogP contribution in [0.25, 0.3) is 22.4 Å². The van der Waals surface area contributed by atoms with Gasteiger partial charge in [-0.2, -0.15) is 0 Å². The van der Waals surface area contributed by atoms with Crippen molar-refractivity contribution in [3.8, 4) is 28.3 Å². The van der Waals surface area contributed by atoms with Gasteiger partial charge in [-0.15, -0.1) is 0 Å². The molecule has 1 aliphatic carbocycles. The number of ether oxygens (including phenoxy) is 1. The molecule has 2 aliphatic rings. The van der Waals surface area contributed by atoms with Gasteiger partial charge in [0.15, 0.2) is 0 Å². The summed E-state index contributed by atoms with van der Waals surface area (Å²) in [5.74, 6) is 0.107. The average molecular weight is 497 g/mol. The number of aliphatic hydroxyl groups is 1. The van der Waals surface area contributed by atoms with Crippen LogP contribution in [0, 0.1) is 0 Å². The molecule has 3 aromatic rings. The first kappa shape index (κ1) is 23.2. The van der Waals surface area contributed by atoms with Gasteiger partial charge < -0.3 is 15.2 Å². The third-order valence-corrected chi connectivity index (χ3v) is 7.39. The first-order valence-electron chi connectivity index (χ1n) is 11.6. The molecule has 2 heterocycles. The van der Waals surface area contributed by atoms with Crippen molar-refractivity contribution in [1.82, 2.24) is 10.3 Å². The van der Waals surface area contributed by atoms with Gasteiger partial charge in [-0.3, -0.25) is 4.79 Å². The van der Waals surface area contributed by atoms with Gasteiger partial charge in [-0.1, -0.05) is 60.0 Å². The number of benzene rings is 2. The van der Waals surface area contributed by atoms with Crippen LogP contribution < -0.4 is 10.1 Å². The summed E-state index contributed by atoms with van der Waals surface area (Å²) in [5, 5.41) is 13.6. The number of carbonyl (C=O) groups excluding carboxylic acids is 1. The van der Waals surface area contributed by atoms with Gasteiger partial charge >= 0.3 is 0 Å². The molecule has 1 atom stereocenters. The van der Waals surface area contributed by atoms with E-state index in [-0.39, 0.29) is 11.6 Å². The number of nitrogens with zero attached hydrogens (tertiary/aromatic N) is 1. The lowest BCUT2D eigenvalue weighted by atomic mass is 9.77. The van der Waals surface area contributed by atoms with Crippen LogP contribution in [-0.2, 0) is 4.79 Å². The first-order chi connectivity index (χ1) is 16.5. The summed E-state index contributed by atoms with van der Waals surface area (Å²) >= 11 is 12.7. The fraction of sp³-hybridized carbons (Fsp3) is 0.333. The number of pyridine rings is 1. The smallest absolute Gasteiger partial charge is 0.246 e. The maximum Gasteiger partial charge on any atom is 0.246 e. The number of aromatic nitrogens is 1. The highest BCUT2D eigenvalue weighted by atomic mass is 35.5. The van der Waals surface area contributed by atoms with Crippen LogP contribution in [0.3, 0.4) is 0 Å². The fourth-order valence-corrected chi connectivity index (χ4v) is 5.50. The molecule has 0 bridgehead atoms. The van der Waals surface area contributed by atoms with Crippen molar-refractivity contribution >= 4 is 29.1 Å². The van der Waals surface area contributed by atoms with Gasteiger partial charge in [0, 0.05) is 33.2 Å². The van der Waals surface area contributed by atoms with E-state index in [2.05, 4.69) is 5.32 Å². The Labute approximate surface area is 209 Å². The molecule has 0 radical (unpaired) electrons. The third-order valence-electron chi connectivity index (χ3n) is 6.81. The van der Waals surface area contributed by atoms with Crippen LogP contribution in [0.15, 0.2) is 54.6 Å². The second kappa shape index (κ2) is 9.57. The van der Waals surface area contributed by atoms with Crippen LogP contribution in [0.4, 0.5) is 0 Å². The van der Waals surface area contributed by atoms with Gasteiger partial charge in [-0.05, 0) is 55.5 Å². The quantitative estimate of drug-likeness (QED) is 0.440. The summed E-state index contributed by atoms with van der Waals surface area (Å²) in [4.78, 5) is 17.3. The minimum Gasteiger partial charge on any atom is -0.471 e. The van der Waals surface area contributed by atoms with Crippen molar-refractivity contribution in [2.45, 2.75) is 50.2 Å². The Balaban J connectivity index is 1.70. The van der Waals surface area contributed by atoms with Crippen molar-refractivity contribution < 1.29 is 14.6 Å². The van der Waals surface area contributed by atoms with Crippen molar-refractivity contribution in [1.29, 1.82) is 0 Å². The van der Waals surface area contributed by atoms with Gasteiger partial charge in [-0.25, -0.2) is 4.98 Å². The summed E-state index contributed by atoms with van der Waals surface area (Å²) < 4.78 is 6.63. The van der Waals surface area contributed by atoms with E-state index in [0.29, 0.717) is 28.0 Å². The van der Waals surface area contributed by atoms with Crippen LogP contribution >= 0.6 is 23.2 Å². The molecule has 1 saturated carbocycles. The Morgan fingerprint density at radius 1 is 1.06 bits per heavy atom. The van der Waals surface area contributed by atoms with E-state index in [0.717, 1.165) is 47.9 Å². The van der Waals surface area contributed by atoms with Crippen LogP contribution in [0.2, 0.25) is 10.0 Å². The van der Waals surface area contributed by atoms with Gasteiger partial charge in [0.05, 0.1) is 11.7 Å². The monoisotopic (exact) mass is 496 g/mol. The van der Waals surface area contributed by atoms with E-state index in [9.17, 15) is 9.90 Å². The number of rotatable bonds is 4. The molecular weight excluding hydrogens is 471 g/mol. The lowest BCUT2D eigenvalue weighted by molar-refractivity contribution is -0.125. The molecule has 1 unspecified atom stereocenters. The molecule has 1 fully saturated rings. The zero-order chi connectivity index (χ0) is 23.7. The lowest BCUT2D eigenvalue weighted by Crippen LogP contribution is -2.47. The first-order valence-corrected chi connectivity index (χ1v) is 12.4. The molecule has 1 aromatic heterocycles. The average Bonchev–Trinajstić information content (AvgIpc) is 2.84. The van der Waals surface area contributed by atoms with Crippen molar-refractivity contribution in [3.05, 3.63) is 70.2 Å². The minimum atomic E-state index is -0.561. The standard InChI is InChI=1S/C27H26Cl2N2O3/c28-18-10-8-17(9-11-18)20-14-21-23(30-24(33)16-32)15-27(12-4-1-5-13-27)34-26(21)31-25(20)19-6-2-3-7-22(19)29/h2-3,6-11,14,23,32H,1,4-5,12-13,15-16H2,(H,30,33). The number of hydrogen-bond acceptors (Lipinski definition) is 4. The maximum atomic E-state index is 12.2. The highest BCUT2D eigenvalue weighted by Crippen LogP contribution is 2.48. The highest BCUT2D eigenvalue weighted by Gasteiger charge is 2.43. The van der Waals surface area contributed by atoms with Crippen molar-refractivity contribution in [2.24, 2.45) is 0 Å². The molecule has 1 aliphatic heterocycles. The summed E-state index contributed by atoms with van der Waals surface area (Å²) in [7, 11) is 0. The Bertz CT molecular complexity index is 1210. The zero-order valence-electron chi connectivity index (χ0n) is 18.7. The van der Waals surface area contributed by atoms with Crippen molar-refractivity contribution in [3.63, 3.8) is 0 Å². The number of halogens is 2. The molecule has 5 rings (SSSR count). The van der Waals surface area contributed by atoms with E-state index in [1.807, 2.05) is 54.6 Å². The third kappa shape index (κ3) is 4.52. The number of carbonyl (C=O) groups is 1. The molecule has 176 valence electrons. The molecule has 5 nitrogen and oxygen atoms in total. The number of amides is 1. The van der Waals surface area contributed by atoms with Crippen LogP contribution in [-0.4, -0.2) is 28.2 Å². The Hall–Kier alpha value is -2.60.